The Morgan fingerprint density at radius 3 is 2.59 bits per heavy atom. The van der Waals surface area contributed by atoms with E-state index in [2.05, 4.69) is 5.10 Å². The number of rotatable bonds is 5. The normalized spacial score (nSPS) is 11.5. The minimum atomic E-state index is -4.66. The molecule has 1 heterocycles. The Labute approximate surface area is 125 Å². The first-order valence-corrected chi connectivity index (χ1v) is 6.52. The van der Waals surface area contributed by atoms with Crippen molar-refractivity contribution in [2.75, 3.05) is 6.61 Å². The topological polar surface area (TPSA) is 76.9 Å². The van der Waals surface area contributed by atoms with E-state index in [0.29, 0.717) is 17.9 Å². The summed E-state index contributed by atoms with van der Waals surface area (Å²) in [7, 11) is 0. The monoisotopic (exact) mass is 312 g/mol. The third-order valence-corrected chi connectivity index (χ3v) is 2.93. The van der Waals surface area contributed by atoms with E-state index in [9.17, 15) is 13.2 Å². The molecule has 0 aliphatic heterocycles. The third kappa shape index (κ3) is 3.38. The number of nitrogens with one attached hydrogen (secondary N) is 1. The Morgan fingerprint density at radius 2 is 2.05 bits per heavy atom. The highest BCUT2D eigenvalue weighted by molar-refractivity contribution is 5.96. The molecule has 8 heteroatoms. The van der Waals surface area contributed by atoms with Crippen molar-refractivity contribution in [1.82, 2.24) is 9.78 Å². The largest absolute Gasteiger partial charge is 0.494 e. The van der Waals surface area contributed by atoms with Gasteiger partial charge in [0.15, 0.2) is 5.69 Å². The summed E-state index contributed by atoms with van der Waals surface area (Å²) in [4.78, 5) is 0. The summed E-state index contributed by atoms with van der Waals surface area (Å²) in [5.41, 5.74) is 4.30. The smallest absolute Gasteiger partial charge is 0.435 e. The second-order valence-corrected chi connectivity index (χ2v) is 4.54. The molecule has 0 saturated heterocycles. The zero-order chi connectivity index (χ0) is 16.3. The lowest BCUT2D eigenvalue weighted by Crippen LogP contribution is -2.17. The maximum Gasteiger partial charge on any atom is 0.435 e. The number of ether oxygens (including phenoxy) is 1. The van der Waals surface area contributed by atoms with Gasteiger partial charge in [0.25, 0.3) is 0 Å². The number of alkyl halides is 3. The van der Waals surface area contributed by atoms with Gasteiger partial charge >= 0.3 is 6.18 Å². The minimum absolute atomic E-state index is 0.0898. The summed E-state index contributed by atoms with van der Waals surface area (Å²) in [5, 5.41) is 10.8. The average molecular weight is 312 g/mol. The molecule has 0 bridgehead atoms. The van der Waals surface area contributed by atoms with Gasteiger partial charge in [0.1, 0.15) is 11.6 Å². The molecule has 0 aliphatic carbocycles. The van der Waals surface area contributed by atoms with Crippen LogP contribution >= 0.6 is 0 Å². The molecule has 2 rings (SSSR count). The van der Waals surface area contributed by atoms with E-state index < -0.39 is 23.3 Å². The van der Waals surface area contributed by atoms with Crippen LogP contribution in [0.2, 0.25) is 0 Å². The first kappa shape index (κ1) is 15.9. The van der Waals surface area contributed by atoms with Gasteiger partial charge in [0.2, 0.25) is 0 Å². The number of benzene rings is 1. The SMILES string of the molecule is CCOc1ccccc1Cn1cc(C(=N)N)c(C(F)(F)F)n1. The van der Waals surface area contributed by atoms with Crippen molar-refractivity contribution in [3.8, 4) is 5.75 Å². The second kappa shape index (κ2) is 6.08. The molecule has 1 aromatic carbocycles. The summed E-state index contributed by atoms with van der Waals surface area (Å²) >= 11 is 0. The predicted molar refractivity (Wildman–Crippen MR) is 75.0 cm³/mol. The summed E-state index contributed by atoms with van der Waals surface area (Å²) in [6.45, 7) is 2.36. The summed E-state index contributed by atoms with van der Waals surface area (Å²) in [6.07, 6.45) is -3.54. The van der Waals surface area contributed by atoms with Crippen LogP contribution in [0.25, 0.3) is 0 Å². The molecule has 5 nitrogen and oxygen atoms in total. The number of amidine groups is 1. The fourth-order valence-electron chi connectivity index (χ4n) is 2.01. The Hall–Kier alpha value is -2.51. The van der Waals surface area contributed by atoms with Crippen molar-refractivity contribution in [3.05, 3.63) is 47.3 Å². The zero-order valence-corrected chi connectivity index (χ0v) is 11.8. The van der Waals surface area contributed by atoms with E-state index in [1.165, 1.54) is 0 Å². The van der Waals surface area contributed by atoms with Gasteiger partial charge in [-0.2, -0.15) is 18.3 Å². The van der Waals surface area contributed by atoms with Crippen molar-refractivity contribution in [3.63, 3.8) is 0 Å². The molecule has 2 aromatic rings. The summed E-state index contributed by atoms with van der Waals surface area (Å²) in [6, 6.07) is 7.02. The van der Waals surface area contributed by atoms with Gasteiger partial charge in [-0.05, 0) is 13.0 Å². The van der Waals surface area contributed by atoms with Crippen LogP contribution in [0, 0.1) is 5.41 Å². The zero-order valence-electron chi connectivity index (χ0n) is 11.8. The van der Waals surface area contributed by atoms with Crippen LogP contribution in [0.1, 0.15) is 23.7 Å². The quantitative estimate of drug-likeness (QED) is 0.658. The van der Waals surface area contributed by atoms with Crippen LogP contribution in [0.15, 0.2) is 30.5 Å². The second-order valence-electron chi connectivity index (χ2n) is 4.54. The molecule has 22 heavy (non-hydrogen) atoms. The van der Waals surface area contributed by atoms with Gasteiger partial charge in [0.05, 0.1) is 18.7 Å². The first-order chi connectivity index (χ1) is 10.3. The Balaban J connectivity index is 2.37. The van der Waals surface area contributed by atoms with Crippen molar-refractivity contribution in [2.45, 2.75) is 19.6 Å². The van der Waals surface area contributed by atoms with E-state index in [4.69, 9.17) is 15.9 Å². The molecule has 0 amide bonds. The van der Waals surface area contributed by atoms with Gasteiger partial charge in [-0.1, -0.05) is 18.2 Å². The maximum absolute atomic E-state index is 12.9. The fraction of sp³-hybridized carbons (Fsp3) is 0.286. The lowest BCUT2D eigenvalue weighted by Gasteiger charge is -2.10. The fourth-order valence-corrected chi connectivity index (χ4v) is 2.01. The van der Waals surface area contributed by atoms with E-state index in [0.717, 1.165) is 10.9 Å². The molecule has 0 aliphatic rings. The number of para-hydroxylation sites is 1. The molecule has 0 spiro atoms. The van der Waals surface area contributed by atoms with Gasteiger partial charge in [-0.3, -0.25) is 10.1 Å². The van der Waals surface area contributed by atoms with Gasteiger partial charge in [-0.25, -0.2) is 0 Å². The third-order valence-electron chi connectivity index (χ3n) is 2.93. The van der Waals surface area contributed by atoms with Crippen LogP contribution in [-0.2, 0) is 12.7 Å². The van der Waals surface area contributed by atoms with Crippen LogP contribution in [-0.4, -0.2) is 22.2 Å². The number of hydrogen-bond acceptors (Lipinski definition) is 3. The minimum Gasteiger partial charge on any atom is -0.494 e. The Bertz CT molecular complexity index is 679. The van der Waals surface area contributed by atoms with Crippen LogP contribution in [0.5, 0.6) is 5.75 Å². The van der Waals surface area contributed by atoms with E-state index in [1.54, 1.807) is 24.3 Å². The van der Waals surface area contributed by atoms with Crippen molar-refractivity contribution < 1.29 is 17.9 Å². The number of hydrogen-bond donors (Lipinski definition) is 2. The molecule has 0 atom stereocenters. The van der Waals surface area contributed by atoms with E-state index in [1.807, 2.05) is 6.92 Å². The highest BCUT2D eigenvalue weighted by Gasteiger charge is 2.38. The maximum atomic E-state index is 12.9. The van der Waals surface area contributed by atoms with E-state index >= 15 is 0 Å². The molecule has 0 unspecified atom stereocenters. The van der Waals surface area contributed by atoms with Crippen molar-refractivity contribution in [2.24, 2.45) is 5.73 Å². The number of nitrogens with two attached hydrogens (primary N) is 1. The molecular weight excluding hydrogens is 297 g/mol. The van der Waals surface area contributed by atoms with Gasteiger partial charge < -0.3 is 10.5 Å². The van der Waals surface area contributed by atoms with Crippen LogP contribution < -0.4 is 10.5 Å². The molecule has 3 N–H and O–H groups in total. The number of aromatic nitrogens is 2. The molecular formula is C14H15F3N4O. The molecule has 118 valence electrons. The van der Waals surface area contributed by atoms with Crippen LogP contribution in [0.3, 0.4) is 0 Å². The number of nitrogens with zero attached hydrogens (tertiary/aromatic N) is 2. The van der Waals surface area contributed by atoms with Crippen LogP contribution in [0.4, 0.5) is 13.2 Å². The lowest BCUT2D eigenvalue weighted by molar-refractivity contribution is -0.141. The Kier molecular flexibility index (Phi) is 4.39. The summed E-state index contributed by atoms with van der Waals surface area (Å²) < 4.78 is 45.3. The highest BCUT2D eigenvalue weighted by atomic mass is 19.4. The average Bonchev–Trinajstić information content (AvgIpc) is 2.85. The van der Waals surface area contributed by atoms with E-state index in [-0.39, 0.29) is 6.54 Å². The Morgan fingerprint density at radius 1 is 1.36 bits per heavy atom. The van der Waals surface area contributed by atoms with Crippen molar-refractivity contribution in [1.29, 1.82) is 5.41 Å². The van der Waals surface area contributed by atoms with Crippen molar-refractivity contribution >= 4 is 5.84 Å². The standard InChI is InChI=1S/C14H15F3N4O/c1-2-22-11-6-4-3-5-9(11)7-21-8-10(13(18)19)12(20-21)14(15,16)17/h3-6,8H,2,7H2,1H3,(H3,18,19). The summed E-state index contributed by atoms with van der Waals surface area (Å²) in [5.74, 6) is -0.0879. The van der Waals surface area contributed by atoms with Gasteiger partial charge in [0, 0.05) is 11.8 Å². The first-order valence-electron chi connectivity index (χ1n) is 6.52. The highest BCUT2D eigenvalue weighted by Crippen LogP contribution is 2.31. The molecule has 1 aromatic heterocycles. The lowest BCUT2D eigenvalue weighted by atomic mass is 10.2. The molecule has 0 radical (unpaired) electrons. The predicted octanol–water partition coefficient (Wildman–Crippen LogP) is 2.63. The molecule has 0 fully saturated rings. The number of nitrogen functional groups attached to an aromatic ring is 1. The number of halogens is 3. The van der Waals surface area contributed by atoms with Gasteiger partial charge in [-0.15, -0.1) is 0 Å². The molecule has 0 saturated carbocycles.